The summed E-state index contributed by atoms with van der Waals surface area (Å²) in [6.45, 7) is 4.90. The molecule has 0 heterocycles. The molecule has 0 unspecified atom stereocenters. The lowest BCUT2D eigenvalue weighted by molar-refractivity contribution is 0.867. The van der Waals surface area contributed by atoms with Gasteiger partial charge < -0.3 is 5.73 Å². The van der Waals surface area contributed by atoms with Crippen molar-refractivity contribution in [2.75, 3.05) is 0 Å². The van der Waals surface area contributed by atoms with Crippen molar-refractivity contribution in [3.8, 4) is 11.1 Å². The molecule has 0 bridgehead atoms. The highest BCUT2D eigenvalue weighted by Gasteiger charge is 2.04. The van der Waals surface area contributed by atoms with Crippen LogP contribution in [0, 0.1) is 0 Å². The Hall–Kier alpha value is -1.02. The average Bonchev–Trinajstić information content (AvgIpc) is 2.38. The number of hydrogen-bond acceptors (Lipinski definition) is 1. The van der Waals surface area contributed by atoms with E-state index in [9.17, 15) is 0 Å². The molecule has 0 spiro atoms. The zero-order valence-corrected chi connectivity index (χ0v) is 12.8. The van der Waals surface area contributed by atoms with Crippen molar-refractivity contribution in [1.29, 1.82) is 0 Å². The van der Waals surface area contributed by atoms with Crippen LogP contribution in [-0.4, -0.2) is 0 Å². The predicted molar refractivity (Wildman–Crippen MR) is 86.1 cm³/mol. The average molecular weight is 296 g/mol. The van der Waals surface area contributed by atoms with Gasteiger partial charge >= 0.3 is 0 Å². The maximum Gasteiger partial charge on any atom is 0.0415 e. The number of benzene rings is 2. The number of hydrogen-bond donors (Lipinski definition) is 1. The maximum atomic E-state index is 6.13. The molecular weight excluding hydrogens is 277 g/mol. The van der Waals surface area contributed by atoms with Crippen molar-refractivity contribution in [3.05, 3.63) is 58.6 Å². The van der Waals surface area contributed by atoms with E-state index in [1.165, 1.54) is 11.1 Å². The predicted octanol–water partition coefficient (Wildman–Crippen LogP) is 5.01. The summed E-state index contributed by atoms with van der Waals surface area (Å²) >= 11 is 6.13. The molecule has 0 aromatic heterocycles. The van der Waals surface area contributed by atoms with Gasteiger partial charge in [-0.15, -0.1) is 12.4 Å². The second-order valence-corrected chi connectivity index (χ2v) is 5.27. The van der Waals surface area contributed by atoms with Gasteiger partial charge in [-0.1, -0.05) is 49.7 Å². The fourth-order valence-corrected chi connectivity index (χ4v) is 2.27. The molecule has 2 aromatic carbocycles. The first kappa shape index (κ1) is 16.0. The summed E-state index contributed by atoms with van der Waals surface area (Å²) in [5.41, 5.74) is 10.4. The van der Waals surface area contributed by atoms with Crippen LogP contribution in [0.1, 0.15) is 30.9 Å². The van der Waals surface area contributed by atoms with E-state index in [1.54, 1.807) is 0 Å². The van der Waals surface area contributed by atoms with E-state index in [1.807, 2.05) is 12.1 Å². The van der Waals surface area contributed by atoms with Crippen molar-refractivity contribution >= 4 is 24.0 Å². The van der Waals surface area contributed by atoms with Crippen molar-refractivity contribution in [2.45, 2.75) is 26.3 Å². The molecule has 102 valence electrons. The standard InChI is InChI=1S/C16H18ClN.ClH/c1-11(2)13-4-3-5-14(8-13)15-6-12(10-18)7-16(17)9-15;/h3-9,11H,10,18H2,1-2H3;1H. The molecule has 1 nitrogen and oxygen atoms in total. The summed E-state index contributed by atoms with van der Waals surface area (Å²) < 4.78 is 0. The molecular formula is C16H19Cl2N. The first-order valence-corrected chi connectivity index (χ1v) is 6.58. The monoisotopic (exact) mass is 295 g/mol. The Kier molecular flexibility index (Phi) is 5.86. The van der Waals surface area contributed by atoms with Crippen molar-refractivity contribution in [2.24, 2.45) is 5.73 Å². The molecule has 3 heteroatoms. The van der Waals surface area contributed by atoms with E-state index < -0.39 is 0 Å². The van der Waals surface area contributed by atoms with Gasteiger partial charge in [-0.2, -0.15) is 0 Å². The normalized spacial score (nSPS) is 10.4. The quantitative estimate of drug-likeness (QED) is 0.846. The highest BCUT2D eigenvalue weighted by atomic mass is 35.5. The van der Waals surface area contributed by atoms with Crippen LogP contribution in [0.4, 0.5) is 0 Å². The van der Waals surface area contributed by atoms with Crippen LogP contribution in [0.25, 0.3) is 11.1 Å². The lowest BCUT2D eigenvalue weighted by Crippen LogP contribution is -1.96. The summed E-state index contributed by atoms with van der Waals surface area (Å²) in [5, 5.41) is 0.739. The van der Waals surface area contributed by atoms with Crippen molar-refractivity contribution < 1.29 is 0 Å². The van der Waals surface area contributed by atoms with Crippen LogP contribution in [-0.2, 0) is 6.54 Å². The minimum absolute atomic E-state index is 0. The smallest absolute Gasteiger partial charge is 0.0415 e. The molecule has 0 saturated heterocycles. The molecule has 2 rings (SSSR count). The van der Waals surface area contributed by atoms with E-state index in [0.717, 1.165) is 16.1 Å². The maximum absolute atomic E-state index is 6.13. The number of nitrogens with two attached hydrogens (primary N) is 1. The highest BCUT2D eigenvalue weighted by Crippen LogP contribution is 2.27. The molecule has 2 N–H and O–H groups in total. The van der Waals surface area contributed by atoms with Gasteiger partial charge in [-0.3, -0.25) is 0 Å². The number of rotatable bonds is 3. The molecule has 0 aliphatic carbocycles. The van der Waals surface area contributed by atoms with Gasteiger partial charge in [0.1, 0.15) is 0 Å². The second-order valence-electron chi connectivity index (χ2n) is 4.83. The van der Waals surface area contributed by atoms with Gasteiger partial charge in [0, 0.05) is 11.6 Å². The van der Waals surface area contributed by atoms with Gasteiger partial charge in [-0.25, -0.2) is 0 Å². The molecule has 2 aromatic rings. The van der Waals surface area contributed by atoms with Crippen LogP contribution in [0.2, 0.25) is 5.02 Å². The van der Waals surface area contributed by atoms with E-state index in [2.05, 4.69) is 44.2 Å². The Balaban J connectivity index is 0.00000180. The summed E-state index contributed by atoms with van der Waals surface area (Å²) in [6.07, 6.45) is 0. The molecule has 0 aliphatic heterocycles. The SMILES string of the molecule is CC(C)c1cccc(-c2cc(Cl)cc(CN)c2)c1.Cl. The minimum atomic E-state index is 0. The molecule has 0 atom stereocenters. The topological polar surface area (TPSA) is 26.0 Å². The first-order chi connectivity index (χ1) is 8.60. The van der Waals surface area contributed by atoms with Crippen molar-refractivity contribution in [3.63, 3.8) is 0 Å². The van der Waals surface area contributed by atoms with Crippen LogP contribution < -0.4 is 5.73 Å². The zero-order valence-electron chi connectivity index (χ0n) is 11.2. The van der Waals surface area contributed by atoms with E-state index in [0.29, 0.717) is 12.5 Å². The van der Waals surface area contributed by atoms with E-state index in [-0.39, 0.29) is 12.4 Å². The minimum Gasteiger partial charge on any atom is -0.326 e. The second kappa shape index (κ2) is 6.95. The molecule has 0 fully saturated rings. The first-order valence-electron chi connectivity index (χ1n) is 6.20. The van der Waals surface area contributed by atoms with Crippen LogP contribution >= 0.6 is 24.0 Å². The Morgan fingerprint density at radius 1 is 1.05 bits per heavy atom. The molecule has 0 amide bonds. The van der Waals surface area contributed by atoms with Gasteiger partial charge in [0.2, 0.25) is 0 Å². The van der Waals surface area contributed by atoms with Gasteiger partial charge in [-0.05, 0) is 46.4 Å². The fraction of sp³-hybridized carbons (Fsp3) is 0.250. The largest absolute Gasteiger partial charge is 0.326 e. The Bertz CT molecular complexity index is 550. The molecule has 19 heavy (non-hydrogen) atoms. The van der Waals surface area contributed by atoms with E-state index in [4.69, 9.17) is 17.3 Å². The van der Waals surface area contributed by atoms with Crippen LogP contribution in [0.3, 0.4) is 0 Å². The highest BCUT2D eigenvalue weighted by molar-refractivity contribution is 6.31. The van der Waals surface area contributed by atoms with Gasteiger partial charge in [0.05, 0.1) is 0 Å². The Morgan fingerprint density at radius 2 is 1.79 bits per heavy atom. The van der Waals surface area contributed by atoms with Gasteiger partial charge in [0.15, 0.2) is 0 Å². The fourth-order valence-electron chi connectivity index (χ4n) is 2.01. The third-order valence-electron chi connectivity index (χ3n) is 3.08. The third-order valence-corrected chi connectivity index (χ3v) is 3.30. The molecule has 0 radical (unpaired) electrons. The van der Waals surface area contributed by atoms with Crippen molar-refractivity contribution in [1.82, 2.24) is 0 Å². The lowest BCUT2D eigenvalue weighted by atomic mass is 9.96. The van der Waals surface area contributed by atoms with E-state index >= 15 is 0 Å². The summed E-state index contributed by atoms with van der Waals surface area (Å²) in [6, 6.07) is 14.6. The van der Waals surface area contributed by atoms with Crippen LogP contribution in [0.5, 0.6) is 0 Å². The summed E-state index contributed by atoms with van der Waals surface area (Å²) in [4.78, 5) is 0. The number of halogens is 2. The lowest BCUT2D eigenvalue weighted by Gasteiger charge is -2.10. The summed E-state index contributed by atoms with van der Waals surface area (Å²) in [5.74, 6) is 0.526. The Morgan fingerprint density at radius 3 is 2.42 bits per heavy atom. The van der Waals surface area contributed by atoms with Crippen LogP contribution in [0.15, 0.2) is 42.5 Å². The summed E-state index contributed by atoms with van der Waals surface area (Å²) in [7, 11) is 0. The molecule has 0 aliphatic rings. The Labute approximate surface area is 126 Å². The zero-order chi connectivity index (χ0) is 13.1. The van der Waals surface area contributed by atoms with Gasteiger partial charge in [0.25, 0.3) is 0 Å². The molecule has 0 saturated carbocycles. The third kappa shape index (κ3) is 3.97.